The zero-order chi connectivity index (χ0) is 14.5. The van der Waals surface area contributed by atoms with Crippen LogP contribution >= 0.6 is 22.7 Å². The summed E-state index contributed by atoms with van der Waals surface area (Å²) in [5.41, 5.74) is 8.48. The van der Waals surface area contributed by atoms with Gasteiger partial charge in [-0.05, 0) is 11.4 Å². The first-order chi connectivity index (χ1) is 9.67. The molecule has 3 N–H and O–H groups in total. The van der Waals surface area contributed by atoms with Gasteiger partial charge in [0, 0.05) is 0 Å². The van der Waals surface area contributed by atoms with Crippen molar-refractivity contribution in [2.45, 2.75) is 0 Å². The molecule has 0 saturated carbocycles. The second-order valence-electron chi connectivity index (χ2n) is 3.59. The SMILES string of the molecule is C=CCN=c1sc(C#N)c(N)n1NC(=O)c1cccs1. The molecule has 20 heavy (non-hydrogen) atoms. The van der Waals surface area contributed by atoms with Crippen LogP contribution < -0.4 is 16.0 Å². The molecule has 2 heterocycles. The van der Waals surface area contributed by atoms with E-state index in [1.165, 1.54) is 16.0 Å². The van der Waals surface area contributed by atoms with Crippen molar-refractivity contribution in [1.82, 2.24) is 4.68 Å². The second-order valence-corrected chi connectivity index (χ2v) is 5.52. The quantitative estimate of drug-likeness (QED) is 0.838. The number of nitrogens with zero attached hydrogens (tertiary/aromatic N) is 3. The molecule has 0 radical (unpaired) electrons. The Balaban J connectivity index is 2.40. The summed E-state index contributed by atoms with van der Waals surface area (Å²) < 4.78 is 1.33. The first kappa shape index (κ1) is 14.0. The molecule has 0 unspecified atom stereocenters. The highest BCUT2D eigenvalue weighted by Crippen LogP contribution is 2.14. The molecular formula is C12H11N5OS2. The van der Waals surface area contributed by atoms with E-state index < -0.39 is 0 Å². The number of thiazole rings is 1. The Kier molecular flexibility index (Phi) is 4.34. The number of hydrogen-bond acceptors (Lipinski definition) is 6. The van der Waals surface area contributed by atoms with E-state index >= 15 is 0 Å². The van der Waals surface area contributed by atoms with E-state index in [1.807, 2.05) is 6.07 Å². The smallest absolute Gasteiger partial charge is 0.280 e. The van der Waals surface area contributed by atoms with E-state index in [2.05, 4.69) is 17.0 Å². The molecule has 0 saturated heterocycles. The Labute approximate surface area is 123 Å². The van der Waals surface area contributed by atoms with E-state index in [1.54, 1.807) is 23.6 Å². The number of carbonyl (C=O) groups excluding carboxylic acids is 1. The van der Waals surface area contributed by atoms with E-state index in [9.17, 15) is 4.79 Å². The zero-order valence-electron chi connectivity index (χ0n) is 10.4. The number of nitrogens with one attached hydrogen (secondary N) is 1. The third kappa shape index (κ3) is 2.79. The molecule has 0 bridgehead atoms. The number of nitrogens with two attached hydrogens (primary N) is 1. The molecule has 8 heteroatoms. The van der Waals surface area contributed by atoms with Crippen LogP contribution in [0.5, 0.6) is 0 Å². The molecule has 1 amide bonds. The Morgan fingerprint density at radius 1 is 1.70 bits per heavy atom. The van der Waals surface area contributed by atoms with Crippen LogP contribution in [0.4, 0.5) is 5.82 Å². The Morgan fingerprint density at radius 2 is 2.50 bits per heavy atom. The monoisotopic (exact) mass is 305 g/mol. The number of aromatic nitrogens is 1. The highest BCUT2D eigenvalue weighted by molar-refractivity contribution is 7.12. The van der Waals surface area contributed by atoms with Crippen LogP contribution in [0.25, 0.3) is 0 Å². The van der Waals surface area contributed by atoms with Gasteiger partial charge >= 0.3 is 0 Å². The van der Waals surface area contributed by atoms with Gasteiger partial charge in [0.2, 0.25) is 4.80 Å². The number of thiophene rings is 1. The lowest BCUT2D eigenvalue weighted by atomic mass is 10.4. The maximum atomic E-state index is 12.0. The van der Waals surface area contributed by atoms with Gasteiger partial charge in [0.05, 0.1) is 11.4 Å². The third-order valence-corrected chi connectivity index (χ3v) is 4.14. The largest absolute Gasteiger partial charge is 0.382 e. The molecule has 0 aromatic carbocycles. The minimum Gasteiger partial charge on any atom is -0.382 e. The molecule has 0 spiro atoms. The Bertz CT molecular complexity index is 733. The highest BCUT2D eigenvalue weighted by Gasteiger charge is 2.14. The third-order valence-electron chi connectivity index (χ3n) is 2.27. The van der Waals surface area contributed by atoms with E-state index in [0.29, 0.717) is 21.1 Å². The molecule has 0 fully saturated rings. The number of carbonyl (C=O) groups is 1. The lowest BCUT2D eigenvalue weighted by molar-refractivity contribution is 0.101. The highest BCUT2D eigenvalue weighted by atomic mass is 32.1. The predicted octanol–water partition coefficient (Wildman–Crippen LogP) is 1.54. The maximum Gasteiger partial charge on any atom is 0.280 e. The fourth-order valence-corrected chi connectivity index (χ4v) is 2.80. The summed E-state index contributed by atoms with van der Waals surface area (Å²) in [4.78, 5) is 17.5. The van der Waals surface area contributed by atoms with Gasteiger partial charge < -0.3 is 5.73 Å². The molecule has 0 aliphatic heterocycles. The summed E-state index contributed by atoms with van der Waals surface area (Å²) in [5, 5.41) is 10.8. The molecule has 2 aromatic rings. The van der Waals surface area contributed by atoms with Crippen LogP contribution in [0.2, 0.25) is 0 Å². The minimum absolute atomic E-state index is 0.171. The number of amides is 1. The fourth-order valence-electron chi connectivity index (χ4n) is 1.39. The van der Waals surface area contributed by atoms with Crippen LogP contribution in [0.3, 0.4) is 0 Å². The van der Waals surface area contributed by atoms with Gasteiger partial charge in [0.25, 0.3) is 5.91 Å². The Morgan fingerprint density at radius 3 is 3.10 bits per heavy atom. The van der Waals surface area contributed by atoms with Gasteiger partial charge in [-0.1, -0.05) is 23.5 Å². The summed E-state index contributed by atoms with van der Waals surface area (Å²) in [5.74, 6) is -0.126. The number of nitriles is 1. The molecule has 0 aliphatic carbocycles. The van der Waals surface area contributed by atoms with Crippen molar-refractivity contribution in [1.29, 1.82) is 5.26 Å². The van der Waals surface area contributed by atoms with Crippen LogP contribution in [-0.2, 0) is 0 Å². The van der Waals surface area contributed by atoms with E-state index in [-0.39, 0.29) is 11.7 Å². The van der Waals surface area contributed by atoms with Gasteiger partial charge in [0.1, 0.15) is 6.07 Å². The van der Waals surface area contributed by atoms with Gasteiger partial charge in [-0.3, -0.25) is 15.2 Å². The van der Waals surface area contributed by atoms with Crippen LogP contribution in [0.1, 0.15) is 14.5 Å². The van der Waals surface area contributed by atoms with Crippen molar-refractivity contribution in [2.24, 2.45) is 4.99 Å². The standard InChI is InChI=1S/C12H11N5OS2/c1-2-5-15-12-17(10(14)9(7-13)20-12)16-11(18)8-4-3-6-19-8/h2-4,6H,1,5,14H2,(H,16,18). The summed E-state index contributed by atoms with van der Waals surface area (Å²) in [6, 6.07) is 5.46. The average Bonchev–Trinajstić information content (AvgIpc) is 3.07. The molecule has 2 rings (SSSR count). The van der Waals surface area contributed by atoms with Crippen molar-refractivity contribution in [2.75, 3.05) is 17.7 Å². The van der Waals surface area contributed by atoms with E-state index in [4.69, 9.17) is 11.0 Å². The lowest BCUT2D eigenvalue weighted by Gasteiger charge is -2.06. The van der Waals surface area contributed by atoms with Crippen LogP contribution in [-0.4, -0.2) is 17.1 Å². The first-order valence-electron chi connectivity index (χ1n) is 5.55. The van der Waals surface area contributed by atoms with Crippen LogP contribution in [0, 0.1) is 11.3 Å². The first-order valence-corrected chi connectivity index (χ1v) is 7.24. The number of rotatable bonds is 4. The normalized spacial score (nSPS) is 11.1. The average molecular weight is 305 g/mol. The molecule has 6 nitrogen and oxygen atoms in total. The fraction of sp³-hybridized carbons (Fsp3) is 0.0833. The van der Waals surface area contributed by atoms with Crippen molar-refractivity contribution < 1.29 is 4.79 Å². The lowest BCUT2D eigenvalue weighted by Crippen LogP contribution is -2.31. The summed E-state index contributed by atoms with van der Waals surface area (Å²) >= 11 is 2.43. The number of anilines is 1. The van der Waals surface area contributed by atoms with Crippen molar-refractivity contribution in [3.8, 4) is 6.07 Å². The number of nitrogen functional groups attached to an aromatic ring is 1. The number of hydrogen-bond donors (Lipinski definition) is 2. The zero-order valence-corrected chi connectivity index (χ0v) is 12.0. The predicted molar refractivity (Wildman–Crippen MR) is 80.1 cm³/mol. The second kappa shape index (κ2) is 6.18. The van der Waals surface area contributed by atoms with E-state index in [0.717, 1.165) is 11.3 Å². The molecule has 0 atom stereocenters. The minimum atomic E-state index is -0.297. The maximum absolute atomic E-state index is 12.0. The van der Waals surface area contributed by atoms with Gasteiger partial charge in [-0.2, -0.15) is 5.26 Å². The van der Waals surface area contributed by atoms with Crippen LogP contribution in [0.15, 0.2) is 35.2 Å². The summed E-state index contributed by atoms with van der Waals surface area (Å²) in [6.07, 6.45) is 1.62. The molecule has 0 aliphatic rings. The van der Waals surface area contributed by atoms with Crippen molar-refractivity contribution >= 4 is 34.4 Å². The van der Waals surface area contributed by atoms with Crippen molar-refractivity contribution in [3.05, 3.63) is 44.7 Å². The van der Waals surface area contributed by atoms with Gasteiger partial charge in [-0.15, -0.1) is 17.9 Å². The molecule has 102 valence electrons. The Hall–Kier alpha value is -2.37. The van der Waals surface area contributed by atoms with Gasteiger partial charge in [-0.25, -0.2) is 4.68 Å². The molecular weight excluding hydrogens is 294 g/mol. The topological polar surface area (TPSA) is 96.2 Å². The van der Waals surface area contributed by atoms with Gasteiger partial charge in [0.15, 0.2) is 10.7 Å². The summed E-state index contributed by atoms with van der Waals surface area (Å²) in [7, 11) is 0. The summed E-state index contributed by atoms with van der Waals surface area (Å²) in [6.45, 7) is 3.95. The van der Waals surface area contributed by atoms with Crippen molar-refractivity contribution in [3.63, 3.8) is 0 Å². The molecule has 2 aromatic heterocycles.